The number of hydrogen-bond acceptors (Lipinski definition) is 4. The van der Waals surface area contributed by atoms with Crippen LogP contribution in [-0.2, 0) is 0 Å². The van der Waals surface area contributed by atoms with E-state index in [-0.39, 0.29) is 0 Å². The van der Waals surface area contributed by atoms with Gasteiger partial charge in [-0.2, -0.15) is 10.5 Å². The zero-order valence-electron chi connectivity index (χ0n) is 22.3. The highest BCUT2D eigenvalue weighted by Crippen LogP contribution is 2.46. The first-order valence-corrected chi connectivity index (χ1v) is 15.3. The molecular weight excluding hydrogens is 549 g/mol. The molecule has 0 amide bonds. The number of nitrogens with zero attached hydrogens (tertiary/aromatic N) is 2. The van der Waals surface area contributed by atoms with Crippen LogP contribution in [0.25, 0.3) is 73.7 Å². The minimum absolute atomic E-state index is 0.622. The van der Waals surface area contributed by atoms with Crippen molar-refractivity contribution in [2.45, 2.75) is 0 Å². The van der Waals surface area contributed by atoms with E-state index in [1.54, 1.807) is 22.7 Å². The average molecular weight is 569 g/mol. The molecule has 0 N–H and O–H groups in total. The second-order valence-corrected chi connectivity index (χ2v) is 12.5. The first-order chi connectivity index (χ1) is 20.7. The van der Waals surface area contributed by atoms with Gasteiger partial charge in [0.25, 0.3) is 0 Å². The summed E-state index contributed by atoms with van der Waals surface area (Å²) in [6.45, 7) is 0. The van der Waals surface area contributed by atoms with Gasteiger partial charge >= 0.3 is 0 Å². The fourth-order valence-corrected chi connectivity index (χ4v) is 8.35. The van der Waals surface area contributed by atoms with E-state index < -0.39 is 0 Å². The van der Waals surface area contributed by atoms with Crippen molar-refractivity contribution in [2.24, 2.45) is 0 Å². The van der Waals surface area contributed by atoms with Gasteiger partial charge in [-0.05, 0) is 70.8 Å². The van der Waals surface area contributed by atoms with Gasteiger partial charge in [0.2, 0.25) is 0 Å². The second kappa shape index (κ2) is 9.68. The molecule has 2 nitrogen and oxygen atoms in total. The van der Waals surface area contributed by atoms with Crippen molar-refractivity contribution >= 4 is 63.0 Å². The van der Waals surface area contributed by atoms with Gasteiger partial charge in [-0.25, -0.2) is 0 Å². The van der Waals surface area contributed by atoms with E-state index in [1.807, 2.05) is 24.3 Å². The summed E-state index contributed by atoms with van der Waals surface area (Å²) in [6.07, 6.45) is 0. The molecule has 0 aliphatic carbocycles. The molecule has 0 aliphatic heterocycles. The fraction of sp³-hybridized carbons (Fsp3) is 0. The molecule has 2 heterocycles. The van der Waals surface area contributed by atoms with Crippen LogP contribution in [-0.4, -0.2) is 0 Å². The maximum absolute atomic E-state index is 10.8. The van der Waals surface area contributed by atoms with Crippen molar-refractivity contribution in [3.05, 3.63) is 132 Å². The molecule has 0 radical (unpaired) electrons. The molecule has 6 aromatic carbocycles. The molecule has 0 atom stereocenters. The minimum Gasteiger partial charge on any atom is -0.192 e. The molecule has 194 valence electrons. The van der Waals surface area contributed by atoms with Gasteiger partial charge < -0.3 is 0 Å². The maximum atomic E-state index is 10.8. The lowest BCUT2D eigenvalue weighted by molar-refractivity contribution is 1.47. The Hall–Kier alpha value is -5.26. The Morgan fingerprint density at radius 3 is 1.43 bits per heavy atom. The first-order valence-electron chi connectivity index (χ1n) is 13.6. The van der Waals surface area contributed by atoms with Gasteiger partial charge in [0.15, 0.2) is 0 Å². The molecule has 42 heavy (non-hydrogen) atoms. The molecule has 0 fully saturated rings. The SMILES string of the molecule is N#Cc1ccc(-c2cc(-c3cccc4sc5ccccc5c34)c(C#N)c(-c3cccc4sc5ccccc5c34)c2)cc1. The molecule has 8 rings (SSSR count). The van der Waals surface area contributed by atoms with E-state index in [9.17, 15) is 10.5 Å². The summed E-state index contributed by atoms with van der Waals surface area (Å²) < 4.78 is 4.87. The van der Waals surface area contributed by atoms with E-state index in [2.05, 4.69) is 109 Å². The molecule has 0 saturated heterocycles. The largest absolute Gasteiger partial charge is 0.192 e. The molecule has 0 bridgehead atoms. The molecule has 8 aromatic rings. The third-order valence-electron chi connectivity index (χ3n) is 7.98. The van der Waals surface area contributed by atoms with Gasteiger partial charge in [-0.1, -0.05) is 72.8 Å². The van der Waals surface area contributed by atoms with E-state index in [4.69, 9.17) is 0 Å². The maximum Gasteiger partial charge on any atom is 0.100 e. The van der Waals surface area contributed by atoms with Gasteiger partial charge in [0, 0.05) is 51.5 Å². The molecule has 4 heteroatoms. The first kappa shape index (κ1) is 24.5. The Labute approximate surface area is 250 Å². The van der Waals surface area contributed by atoms with Crippen molar-refractivity contribution in [2.75, 3.05) is 0 Å². The summed E-state index contributed by atoms with van der Waals surface area (Å²) >= 11 is 3.56. The third kappa shape index (κ3) is 3.75. The summed E-state index contributed by atoms with van der Waals surface area (Å²) in [4.78, 5) is 0. The summed E-state index contributed by atoms with van der Waals surface area (Å²) in [6, 6.07) is 46.6. The van der Waals surface area contributed by atoms with Crippen molar-refractivity contribution in [1.29, 1.82) is 10.5 Å². The van der Waals surface area contributed by atoms with Gasteiger partial charge in [-0.3, -0.25) is 0 Å². The summed E-state index contributed by atoms with van der Waals surface area (Å²) in [5.41, 5.74) is 7.25. The average Bonchev–Trinajstić information content (AvgIpc) is 3.63. The van der Waals surface area contributed by atoms with Crippen LogP contribution in [0.15, 0.2) is 121 Å². The Morgan fingerprint density at radius 2 is 0.929 bits per heavy atom. The van der Waals surface area contributed by atoms with Gasteiger partial charge in [-0.15, -0.1) is 22.7 Å². The fourth-order valence-electron chi connectivity index (χ4n) is 6.09. The zero-order valence-corrected chi connectivity index (χ0v) is 23.9. The molecular formula is C38H20N2S2. The summed E-state index contributed by atoms with van der Waals surface area (Å²) in [7, 11) is 0. The quantitative estimate of drug-likeness (QED) is 0.213. The van der Waals surface area contributed by atoms with Crippen LogP contribution in [0.1, 0.15) is 11.1 Å². The monoisotopic (exact) mass is 568 g/mol. The van der Waals surface area contributed by atoms with Crippen molar-refractivity contribution < 1.29 is 0 Å². The molecule has 0 saturated carbocycles. The smallest absolute Gasteiger partial charge is 0.100 e. The van der Waals surface area contributed by atoms with Crippen LogP contribution >= 0.6 is 22.7 Å². The topological polar surface area (TPSA) is 47.6 Å². The number of thiophene rings is 2. The van der Waals surface area contributed by atoms with E-state index >= 15 is 0 Å². The Balaban J connectivity index is 1.51. The molecule has 0 spiro atoms. The lowest BCUT2D eigenvalue weighted by atomic mass is 9.86. The van der Waals surface area contributed by atoms with Crippen molar-refractivity contribution in [1.82, 2.24) is 0 Å². The highest BCUT2D eigenvalue weighted by molar-refractivity contribution is 7.26. The van der Waals surface area contributed by atoms with Crippen LogP contribution in [0.2, 0.25) is 0 Å². The Bertz CT molecular complexity index is 2290. The summed E-state index contributed by atoms with van der Waals surface area (Å²) in [5, 5.41) is 25.0. The van der Waals surface area contributed by atoms with E-state index in [1.165, 1.54) is 40.3 Å². The Morgan fingerprint density at radius 1 is 0.429 bits per heavy atom. The van der Waals surface area contributed by atoms with E-state index in [0.29, 0.717) is 11.1 Å². The number of rotatable bonds is 3. The second-order valence-electron chi connectivity index (χ2n) is 10.3. The van der Waals surface area contributed by atoms with Crippen molar-refractivity contribution in [3.63, 3.8) is 0 Å². The number of fused-ring (bicyclic) bond motifs is 6. The van der Waals surface area contributed by atoms with Crippen LogP contribution in [0, 0.1) is 22.7 Å². The highest BCUT2D eigenvalue weighted by atomic mass is 32.1. The van der Waals surface area contributed by atoms with Gasteiger partial charge in [0.1, 0.15) is 6.07 Å². The Kier molecular flexibility index (Phi) is 5.66. The van der Waals surface area contributed by atoms with Gasteiger partial charge in [0.05, 0.1) is 17.2 Å². The minimum atomic E-state index is 0.622. The lowest BCUT2D eigenvalue weighted by Gasteiger charge is -2.16. The normalized spacial score (nSPS) is 11.3. The lowest BCUT2D eigenvalue weighted by Crippen LogP contribution is -1.94. The molecule has 2 aromatic heterocycles. The predicted octanol–water partition coefficient (Wildman–Crippen LogP) is 11.2. The molecule has 0 unspecified atom stereocenters. The van der Waals surface area contributed by atoms with Crippen LogP contribution in [0.5, 0.6) is 0 Å². The van der Waals surface area contributed by atoms with Crippen LogP contribution < -0.4 is 0 Å². The van der Waals surface area contributed by atoms with Crippen molar-refractivity contribution in [3.8, 4) is 45.5 Å². The van der Waals surface area contributed by atoms with E-state index in [0.717, 1.165) is 33.4 Å². The number of benzene rings is 6. The number of nitriles is 2. The molecule has 0 aliphatic rings. The van der Waals surface area contributed by atoms with Crippen LogP contribution in [0.3, 0.4) is 0 Å². The summed E-state index contributed by atoms with van der Waals surface area (Å²) in [5.74, 6) is 0. The zero-order chi connectivity index (χ0) is 28.2. The third-order valence-corrected chi connectivity index (χ3v) is 10.3. The van der Waals surface area contributed by atoms with Crippen LogP contribution in [0.4, 0.5) is 0 Å². The standard InChI is InChI=1S/C38H20N2S2/c39-21-23-15-17-24(18-16-23)25-19-30(26-9-5-13-35-37(26)28-7-1-3-11-33(28)41-35)32(22-40)31(20-25)27-10-6-14-36-38(27)29-8-2-4-12-34(29)42-36/h1-20H. The predicted molar refractivity (Wildman–Crippen MR) is 178 cm³/mol. The highest BCUT2D eigenvalue weighted by Gasteiger charge is 2.21. The number of hydrogen-bond donors (Lipinski definition) is 0.